The molecule has 4 atom stereocenters. The first-order valence-corrected chi connectivity index (χ1v) is 9.69. The summed E-state index contributed by atoms with van der Waals surface area (Å²) in [5.41, 5.74) is 1.71. The Kier molecular flexibility index (Phi) is 4.74. The van der Waals surface area contributed by atoms with Crippen LogP contribution in [0.5, 0.6) is 0 Å². The number of ether oxygens (including phenoxy) is 1. The molecule has 6 heteroatoms. The van der Waals surface area contributed by atoms with Gasteiger partial charge >= 0.3 is 5.97 Å². The van der Waals surface area contributed by atoms with Crippen LogP contribution in [-0.4, -0.2) is 30.4 Å². The number of aryl methyl sites for hydroxylation is 1. The number of amides is 2. The number of rotatable bonds is 4. The normalized spacial score (nSPS) is 28.5. The number of imide groups is 1. The van der Waals surface area contributed by atoms with Crippen LogP contribution in [0, 0.1) is 18.8 Å². The van der Waals surface area contributed by atoms with Gasteiger partial charge in [0.2, 0.25) is 11.8 Å². The molecular formula is C23H24N2O4. The minimum Gasteiger partial charge on any atom is -0.469 e. The third-order valence-electron chi connectivity index (χ3n) is 6.07. The van der Waals surface area contributed by atoms with Crippen molar-refractivity contribution in [2.75, 3.05) is 12.0 Å². The third-order valence-corrected chi connectivity index (χ3v) is 6.07. The van der Waals surface area contributed by atoms with Crippen molar-refractivity contribution >= 4 is 23.5 Å². The van der Waals surface area contributed by atoms with E-state index < -0.39 is 23.3 Å². The van der Waals surface area contributed by atoms with Crippen LogP contribution < -0.4 is 10.2 Å². The fourth-order valence-electron chi connectivity index (χ4n) is 4.66. The predicted molar refractivity (Wildman–Crippen MR) is 108 cm³/mol. The zero-order chi connectivity index (χ0) is 20.8. The highest BCUT2D eigenvalue weighted by Gasteiger charge is 2.64. The van der Waals surface area contributed by atoms with Crippen molar-refractivity contribution in [1.82, 2.24) is 5.32 Å². The minimum absolute atomic E-state index is 0.00861. The lowest BCUT2D eigenvalue weighted by atomic mass is 9.78. The first-order chi connectivity index (χ1) is 13.9. The second-order valence-corrected chi connectivity index (χ2v) is 8.05. The molecule has 2 aromatic rings. The van der Waals surface area contributed by atoms with Crippen molar-refractivity contribution < 1.29 is 19.1 Å². The summed E-state index contributed by atoms with van der Waals surface area (Å²) in [5.74, 6) is -2.17. The molecule has 29 heavy (non-hydrogen) atoms. The van der Waals surface area contributed by atoms with Gasteiger partial charge in [0.05, 0.1) is 31.1 Å². The molecular weight excluding hydrogens is 368 g/mol. The topological polar surface area (TPSA) is 75.7 Å². The molecule has 0 saturated carbocycles. The van der Waals surface area contributed by atoms with E-state index in [9.17, 15) is 14.4 Å². The lowest BCUT2D eigenvalue weighted by Crippen LogP contribution is -2.49. The maximum absolute atomic E-state index is 13.4. The van der Waals surface area contributed by atoms with Crippen LogP contribution in [0.25, 0.3) is 0 Å². The number of carbonyl (C=O) groups is 3. The molecule has 6 nitrogen and oxygen atoms in total. The van der Waals surface area contributed by atoms with Crippen LogP contribution >= 0.6 is 0 Å². The molecule has 2 saturated heterocycles. The highest BCUT2D eigenvalue weighted by Crippen LogP contribution is 2.50. The Bertz CT molecular complexity index is 957. The highest BCUT2D eigenvalue weighted by atomic mass is 16.5. The van der Waals surface area contributed by atoms with E-state index in [1.807, 2.05) is 44.2 Å². The van der Waals surface area contributed by atoms with Crippen molar-refractivity contribution in [3.8, 4) is 0 Å². The molecule has 0 unspecified atom stereocenters. The van der Waals surface area contributed by atoms with E-state index in [1.165, 1.54) is 12.0 Å². The number of hydrogen-bond donors (Lipinski definition) is 1. The lowest BCUT2D eigenvalue weighted by Gasteiger charge is -2.30. The molecule has 2 aromatic carbocycles. The molecule has 2 amide bonds. The quantitative estimate of drug-likeness (QED) is 0.640. The molecule has 150 valence electrons. The molecule has 1 N–H and O–H groups in total. The van der Waals surface area contributed by atoms with Gasteiger partial charge in [0.25, 0.3) is 0 Å². The van der Waals surface area contributed by atoms with Crippen molar-refractivity contribution in [2.45, 2.75) is 31.8 Å². The maximum Gasteiger partial charge on any atom is 0.307 e. The number of anilines is 1. The molecule has 2 fully saturated rings. The number of nitrogens with zero attached hydrogens (tertiary/aromatic N) is 1. The van der Waals surface area contributed by atoms with Gasteiger partial charge in [-0.25, -0.2) is 4.90 Å². The van der Waals surface area contributed by atoms with E-state index in [-0.39, 0.29) is 24.3 Å². The van der Waals surface area contributed by atoms with Crippen LogP contribution in [0.3, 0.4) is 0 Å². The number of nitrogens with one attached hydrogen (secondary N) is 1. The van der Waals surface area contributed by atoms with E-state index >= 15 is 0 Å². The lowest BCUT2D eigenvalue weighted by molar-refractivity contribution is -0.142. The van der Waals surface area contributed by atoms with Gasteiger partial charge in [-0.1, -0.05) is 48.0 Å². The largest absolute Gasteiger partial charge is 0.469 e. The molecule has 0 aromatic heterocycles. The molecule has 0 spiro atoms. The fourth-order valence-corrected chi connectivity index (χ4v) is 4.66. The average Bonchev–Trinajstić information content (AvgIpc) is 3.16. The molecule has 0 radical (unpaired) electrons. The highest BCUT2D eigenvalue weighted by molar-refractivity contribution is 6.23. The predicted octanol–water partition coefficient (Wildman–Crippen LogP) is 2.77. The Labute approximate surface area is 169 Å². The van der Waals surface area contributed by atoms with Gasteiger partial charge in [0.1, 0.15) is 0 Å². The summed E-state index contributed by atoms with van der Waals surface area (Å²) in [7, 11) is 1.33. The van der Waals surface area contributed by atoms with Gasteiger partial charge in [-0.3, -0.25) is 14.4 Å². The SMILES string of the molecule is COC(=O)C[C@]1(C)N[C@H](c2ccc(C)cc2)[C@H]2C(=O)N(c3ccccc3)C(=O)[C@H]21. The smallest absolute Gasteiger partial charge is 0.307 e. The molecule has 0 aliphatic carbocycles. The number of para-hydroxylation sites is 1. The van der Waals surface area contributed by atoms with E-state index in [1.54, 1.807) is 24.3 Å². The number of methoxy groups -OCH3 is 1. The summed E-state index contributed by atoms with van der Waals surface area (Å²) in [4.78, 5) is 40.3. The number of fused-ring (bicyclic) bond motifs is 1. The van der Waals surface area contributed by atoms with Crippen molar-refractivity contribution in [3.05, 3.63) is 65.7 Å². The van der Waals surface area contributed by atoms with Gasteiger partial charge in [0.15, 0.2) is 0 Å². The zero-order valence-electron chi connectivity index (χ0n) is 16.7. The molecule has 0 bridgehead atoms. The standard InChI is InChI=1S/C23H24N2O4/c1-14-9-11-15(12-10-14)20-18-19(23(2,24-20)13-17(26)29-3)22(28)25(21(18)27)16-7-5-4-6-8-16/h4-12,18-20,24H,13H2,1-3H3/t18-,19-,20+,23-/m0/s1. The number of carbonyl (C=O) groups excluding carboxylic acids is 3. The first kappa shape index (κ1) is 19.3. The van der Waals surface area contributed by atoms with Crippen LogP contribution in [0.2, 0.25) is 0 Å². The van der Waals surface area contributed by atoms with E-state index in [4.69, 9.17) is 4.74 Å². The summed E-state index contributed by atoms with van der Waals surface area (Å²) in [6, 6.07) is 16.5. The number of hydrogen-bond acceptors (Lipinski definition) is 5. The van der Waals surface area contributed by atoms with E-state index in [2.05, 4.69) is 5.32 Å². The summed E-state index contributed by atoms with van der Waals surface area (Å²) in [6.07, 6.45) is 0.00861. The Hall–Kier alpha value is -2.99. The van der Waals surface area contributed by atoms with Crippen LogP contribution in [0.15, 0.2) is 54.6 Å². The average molecular weight is 392 g/mol. The Balaban J connectivity index is 1.79. The maximum atomic E-state index is 13.4. The first-order valence-electron chi connectivity index (χ1n) is 9.69. The van der Waals surface area contributed by atoms with Gasteiger partial charge in [-0.2, -0.15) is 0 Å². The van der Waals surface area contributed by atoms with E-state index in [0.29, 0.717) is 5.69 Å². The summed E-state index contributed by atoms with van der Waals surface area (Å²) >= 11 is 0. The second kappa shape index (κ2) is 7.12. The zero-order valence-corrected chi connectivity index (χ0v) is 16.7. The van der Waals surface area contributed by atoms with Gasteiger partial charge in [-0.15, -0.1) is 0 Å². The number of benzene rings is 2. The summed E-state index contributed by atoms with van der Waals surface area (Å²) in [6.45, 7) is 3.83. The molecule has 2 aliphatic heterocycles. The second-order valence-electron chi connectivity index (χ2n) is 8.05. The fraction of sp³-hybridized carbons (Fsp3) is 0.348. The van der Waals surface area contributed by atoms with Gasteiger partial charge < -0.3 is 10.1 Å². The Morgan fingerprint density at radius 3 is 2.34 bits per heavy atom. The van der Waals surface area contributed by atoms with Crippen LogP contribution in [-0.2, 0) is 19.1 Å². The van der Waals surface area contributed by atoms with Crippen molar-refractivity contribution in [3.63, 3.8) is 0 Å². The van der Waals surface area contributed by atoms with Gasteiger partial charge in [0, 0.05) is 11.6 Å². The minimum atomic E-state index is -0.885. The Morgan fingerprint density at radius 2 is 1.72 bits per heavy atom. The van der Waals surface area contributed by atoms with Crippen LogP contribution in [0.4, 0.5) is 5.69 Å². The van der Waals surface area contributed by atoms with E-state index in [0.717, 1.165) is 11.1 Å². The molecule has 4 rings (SSSR count). The van der Waals surface area contributed by atoms with Crippen LogP contribution in [0.1, 0.15) is 30.5 Å². The van der Waals surface area contributed by atoms with Crippen molar-refractivity contribution in [1.29, 1.82) is 0 Å². The summed E-state index contributed by atoms with van der Waals surface area (Å²) in [5, 5.41) is 3.43. The van der Waals surface area contributed by atoms with Crippen molar-refractivity contribution in [2.24, 2.45) is 11.8 Å². The number of esters is 1. The van der Waals surface area contributed by atoms with Gasteiger partial charge in [-0.05, 0) is 31.5 Å². The molecule has 2 heterocycles. The Morgan fingerprint density at radius 1 is 1.07 bits per heavy atom. The molecule has 2 aliphatic rings. The third kappa shape index (κ3) is 3.13. The monoisotopic (exact) mass is 392 g/mol. The summed E-state index contributed by atoms with van der Waals surface area (Å²) < 4.78 is 4.87.